The SMILES string of the molecule is CCOC(=O)c1ccc(N=C(C)c2c(-c3ccc(OC)cc3)[nH]n(-c3nc4ccccc4s3)c2=O)cc1. The molecule has 0 aliphatic rings. The van der Waals surface area contributed by atoms with Crippen molar-refractivity contribution in [2.24, 2.45) is 4.99 Å². The van der Waals surface area contributed by atoms with Crippen molar-refractivity contribution >= 4 is 38.9 Å². The van der Waals surface area contributed by atoms with Crippen LogP contribution in [0.25, 0.3) is 26.6 Å². The van der Waals surface area contributed by atoms with Crippen molar-refractivity contribution in [1.82, 2.24) is 14.8 Å². The number of ether oxygens (including phenoxy) is 2. The number of carbonyl (C=O) groups is 1. The fraction of sp³-hybridized carbons (Fsp3) is 0.143. The Kier molecular flexibility index (Phi) is 6.70. The van der Waals surface area contributed by atoms with Crippen LogP contribution in [-0.4, -0.2) is 40.2 Å². The standard InChI is InChI=1S/C28H24N4O4S/c1-4-36-27(34)19-9-13-20(14-10-19)29-17(2)24-25(18-11-15-21(35-3)16-12-18)31-32(26(24)33)28-30-22-7-5-6-8-23(22)37-28/h5-16,31H,4H2,1-3H3. The first-order chi connectivity index (χ1) is 18.0. The maximum Gasteiger partial charge on any atom is 0.338 e. The largest absolute Gasteiger partial charge is 0.497 e. The Morgan fingerprint density at radius 3 is 2.46 bits per heavy atom. The van der Waals surface area contributed by atoms with Gasteiger partial charge in [-0.3, -0.25) is 14.9 Å². The van der Waals surface area contributed by atoms with Crippen LogP contribution in [0.2, 0.25) is 0 Å². The summed E-state index contributed by atoms with van der Waals surface area (Å²) in [6, 6.07) is 22.0. The van der Waals surface area contributed by atoms with Crippen molar-refractivity contribution in [1.29, 1.82) is 0 Å². The van der Waals surface area contributed by atoms with Gasteiger partial charge in [-0.25, -0.2) is 9.78 Å². The lowest BCUT2D eigenvalue weighted by Gasteiger charge is -2.05. The Morgan fingerprint density at radius 2 is 1.78 bits per heavy atom. The molecule has 3 aromatic carbocycles. The van der Waals surface area contributed by atoms with Crippen LogP contribution in [0.1, 0.15) is 29.8 Å². The van der Waals surface area contributed by atoms with Gasteiger partial charge >= 0.3 is 5.97 Å². The van der Waals surface area contributed by atoms with Crippen molar-refractivity contribution in [3.05, 3.63) is 94.3 Å². The molecule has 5 rings (SSSR count). The summed E-state index contributed by atoms with van der Waals surface area (Å²) in [6.45, 7) is 3.86. The number of esters is 1. The van der Waals surface area contributed by atoms with E-state index in [0.717, 1.165) is 15.8 Å². The Hall–Kier alpha value is -4.50. The number of para-hydroxylation sites is 1. The third kappa shape index (κ3) is 4.81. The molecule has 0 spiro atoms. The molecule has 37 heavy (non-hydrogen) atoms. The van der Waals surface area contributed by atoms with E-state index in [-0.39, 0.29) is 11.5 Å². The maximum atomic E-state index is 13.7. The molecule has 186 valence electrons. The monoisotopic (exact) mass is 512 g/mol. The van der Waals surface area contributed by atoms with Gasteiger partial charge in [0.2, 0.25) is 5.13 Å². The number of H-pyrrole nitrogens is 1. The molecule has 0 saturated carbocycles. The van der Waals surface area contributed by atoms with E-state index in [2.05, 4.69) is 10.1 Å². The Bertz CT molecular complexity index is 1630. The summed E-state index contributed by atoms with van der Waals surface area (Å²) in [4.78, 5) is 35.1. The van der Waals surface area contributed by atoms with E-state index in [1.807, 2.05) is 48.5 Å². The molecule has 0 unspecified atom stereocenters. The molecule has 9 heteroatoms. The predicted molar refractivity (Wildman–Crippen MR) is 146 cm³/mol. The number of thiazole rings is 1. The minimum absolute atomic E-state index is 0.255. The fourth-order valence-electron chi connectivity index (χ4n) is 3.97. The zero-order valence-corrected chi connectivity index (χ0v) is 21.3. The molecule has 1 N–H and O–H groups in total. The van der Waals surface area contributed by atoms with Crippen LogP contribution >= 0.6 is 11.3 Å². The lowest BCUT2D eigenvalue weighted by atomic mass is 10.0. The number of aromatic amines is 1. The minimum atomic E-state index is -0.388. The first-order valence-electron chi connectivity index (χ1n) is 11.7. The first kappa shape index (κ1) is 24.2. The smallest absolute Gasteiger partial charge is 0.338 e. The molecular formula is C28H24N4O4S. The first-order valence-corrected chi connectivity index (χ1v) is 12.5. The van der Waals surface area contributed by atoms with Crippen LogP contribution in [0, 0.1) is 0 Å². The number of fused-ring (bicyclic) bond motifs is 1. The highest BCUT2D eigenvalue weighted by atomic mass is 32.1. The molecule has 0 atom stereocenters. The quantitative estimate of drug-likeness (QED) is 0.221. The molecule has 0 bridgehead atoms. The highest BCUT2D eigenvalue weighted by Crippen LogP contribution is 2.28. The molecule has 0 aliphatic heterocycles. The van der Waals surface area contributed by atoms with Gasteiger partial charge in [-0.15, -0.1) is 0 Å². The summed E-state index contributed by atoms with van der Waals surface area (Å²) in [5.41, 5.74) is 4.00. The van der Waals surface area contributed by atoms with Gasteiger partial charge in [-0.2, -0.15) is 4.68 Å². The molecular weight excluding hydrogens is 488 g/mol. The van der Waals surface area contributed by atoms with Crippen molar-refractivity contribution in [3.63, 3.8) is 0 Å². The normalized spacial score (nSPS) is 11.6. The second kappa shape index (κ2) is 10.2. The Balaban J connectivity index is 1.61. The van der Waals surface area contributed by atoms with Crippen molar-refractivity contribution < 1.29 is 14.3 Å². The van der Waals surface area contributed by atoms with Crippen molar-refractivity contribution in [2.45, 2.75) is 13.8 Å². The maximum absolute atomic E-state index is 13.7. The molecule has 0 saturated heterocycles. The van der Waals surface area contributed by atoms with Crippen LogP contribution in [0.15, 0.2) is 82.6 Å². The van der Waals surface area contributed by atoms with Crippen LogP contribution < -0.4 is 10.3 Å². The van der Waals surface area contributed by atoms with Gasteiger partial charge in [0.25, 0.3) is 5.56 Å². The van der Waals surface area contributed by atoms with Gasteiger partial charge in [0.05, 0.1) is 52.2 Å². The Labute approximate surface area is 216 Å². The number of benzene rings is 3. The zero-order chi connectivity index (χ0) is 25.9. The molecule has 2 heterocycles. The number of hydrogen-bond donors (Lipinski definition) is 1. The van der Waals surface area contributed by atoms with Crippen LogP contribution in [-0.2, 0) is 4.74 Å². The lowest BCUT2D eigenvalue weighted by molar-refractivity contribution is 0.0526. The number of nitrogens with one attached hydrogen (secondary N) is 1. The number of carbonyl (C=O) groups excluding carboxylic acids is 1. The van der Waals surface area contributed by atoms with Crippen molar-refractivity contribution in [2.75, 3.05) is 13.7 Å². The fourth-order valence-corrected chi connectivity index (χ4v) is 4.89. The van der Waals surface area contributed by atoms with Crippen LogP contribution in [0.4, 0.5) is 5.69 Å². The van der Waals surface area contributed by atoms with E-state index in [4.69, 9.17) is 14.5 Å². The van der Waals surface area contributed by atoms with E-state index in [9.17, 15) is 9.59 Å². The predicted octanol–water partition coefficient (Wildman–Crippen LogP) is 5.77. The molecule has 0 aliphatic carbocycles. The van der Waals surface area contributed by atoms with Crippen LogP contribution in [0.3, 0.4) is 0 Å². The van der Waals surface area contributed by atoms with Gasteiger partial charge in [-0.1, -0.05) is 23.5 Å². The summed E-state index contributed by atoms with van der Waals surface area (Å²) in [5.74, 6) is 0.325. The van der Waals surface area contributed by atoms with Gasteiger partial charge in [0.15, 0.2) is 0 Å². The number of methoxy groups -OCH3 is 1. The molecule has 5 aromatic rings. The zero-order valence-electron chi connectivity index (χ0n) is 20.5. The van der Waals surface area contributed by atoms with Crippen LogP contribution in [0.5, 0.6) is 5.75 Å². The topological polar surface area (TPSA) is 98.6 Å². The van der Waals surface area contributed by atoms with E-state index in [0.29, 0.717) is 45.7 Å². The van der Waals surface area contributed by atoms with Gasteiger partial charge < -0.3 is 9.47 Å². The third-order valence-electron chi connectivity index (χ3n) is 5.78. The summed E-state index contributed by atoms with van der Waals surface area (Å²) in [7, 11) is 1.61. The third-order valence-corrected chi connectivity index (χ3v) is 6.80. The van der Waals surface area contributed by atoms with Gasteiger partial charge in [-0.05, 0) is 74.5 Å². The van der Waals surface area contributed by atoms with E-state index in [1.165, 1.54) is 16.0 Å². The summed E-state index contributed by atoms with van der Waals surface area (Å²) >= 11 is 1.43. The molecule has 0 radical (unpaired) electrons. The number of aliphatic imine (C=N–C) groups is 1. The lowest BCUT2D eigenvalue weighted by Crippen LogP contribution is -2.19. The second-order valence-corrected chi connectivity index (χ2v) is 9.17. The van der Waals surface area contributed by atoms with Crippen molar-refractivity contribution in [3.8, 4) is 22.1 Å². The highest BCUT2D eigenvalue weighted by Gasteiger charge is 2.21. The number of nitrogens with zero attached hydrogens (tertiary/aromatic N) is 3. The molecule has 0 amide bonds. The second-order valence-electron chi connectivity index (χ2n) is 8.16. The summed E-state index contributed by atoms with van der Waals surface area (Å²) in [6.07, 6.45) is 0. The average Bonchev–Trinajstić information content (AvgIpc) is 3.50. The molecule has 0 fully saturated rings. The molecule has 8 nitrogen and oxygen atoms in total. The van der Waals surface area contributed by atoms with E-state index >= 15 is 0 Å². The van der Waals surface area contributed by atoms with E-state index in [1.54, 1.807) is 45.2 Å². The summed E-state index contributed by atoms with van der Waals surface area (Å²) in [5, 5.41) is 3.80. The number of hydrogen-bond acceptors (Lipinski definition) is 7. The Morgan fingerprint density at radius 1 is 1.05 bits per heavy atom. The van der Waals surface area contributed by atoms with Gasteiger partial charge in [0, 0.05) is 5.56 Å². The van der Waals surface area contributed by atoms with E-state index < -0.39 is 0 Å². The summed E-state index contributed by atoms with van der Waals surface area (Å²) < 4.78 is 12.8. The van der Waals surface area contributed by atoms with Gasteiger partial charge in [0.1, 0.15) is 5.75 Å². The highest BCUT2D eigenvalue weighted by molar-refractivity contribution is 7.20. The average molecular weight is 513 g/mol. The number of rotatable bonds is 7. The minimum Gasteiger partial charge on any atom is -0.497 e. The molecule has 2 aromatic heterocycles. The number of aromatic nitrogens is 3.